The highest BCUT2D eigenvalue weighted by Crippen LogP contribution is 2.37. The lowest BCUT2D eigenvalue weighted by Crippen LogP contribution is -2.04. The first kappa shape index (κ1) is 18.4. The molecule has 0 unspecified atom stereocenters. The molecule has 0 aliphatic heterocycles. The Hall–Kier alpha value is -2.93. The van der Waals surface area contributed by atoms with Crippen molar-refractivity contribution < 1.29 is 9.47 Å². The second-order valence-corrected chi connectivity index (χ2v) is 8.14. The molecule has 0 fully saturated rings. The fourth-order valence-electron chi connectivity index (χ4n) is 3.18. The Bertz CT molecular complexity index is 1120. The van der Waals surface area contributed by atoms with Gasteiger partial charge in [-0.1, -0.05) is 43.8 Å². The van der Waals surface area contributed by atoms with Crippen molar-refractivity contribution in [2.45, 2.75) is 24.3 Å². The summed E-state index contributed by atoms with van der Waals surface area (Å²) in [5, 5.41) is 11.3. The fourth-order valence-corrected chi connectivity index (χ4v) is 3.98. The topological polar surface area (TPSA) is 65.0 Å². The highest BCUT2D eigenvalue weighted by molar-refractivity contribution is 7.99. The quantitative estimate of drug-likeness (QED) is 0.470. The second-order valence-electron chi connectivity index (χ2n) is 6.59. The largest absolute Gasteiger partial charge is 0.497 e. The second kappa shape index (κ2) is 7.59. The Labute approximate surface area is 167 Å². The smallest absolute Gasteiger partial charge is 0.196 e. The number of thioether (sulfide) groups is 1. The Morgan fingerprint density at radius 3 is 2.61 bits per heavy atom. The molecule has 0 radical (unpaired) electrons. The molecule has 4 aromatic rings. The molecular weight excluding hydrogens is 372 g/mol. The summed E-state index contributed by atoms with van der Waals surface area (Å²) in [6.45, 7) is 4.27. The number of benzene rings is 2. The number of rotatable bonds is 6. The number of nitrogens with one attached hydrogen (secondary N) is 1. The van der Waals surface area contributed by atoms with Crippen molar-refractivity contribution in [1.82, 2.24) is 19.7 Å². The van der Waals surface area contributed by atoms with Crippen molar-refractivity contribution in [1.29, 1.82) is 0 Å². The van der Waals surface area contributed by atoms with Crippen LogP contribution in [0.1, 0.15) is 13.8 Å². The SMILES string of the molecule is COc1ccc(OC)c(-n2c(SC(C)C)nnc2-c2c[nH]c3ccccc23)c1. The number of aromatic nitrogens is 4. The minimum atomic E-state index is 0.357. The zero-order valence-electron chi connectivity index (χ0n) is 16.3. The molecule has 0 saturated carbocycles. The third kappa shape index (κ3) is 3.22. The van der Waals surface area contributed by atoms with Gasteiger partial charge in [-0.2, -0.15) is 0 Å². The number of hydrogen-bond acceptors (Lipinski definition) is 5. The average Bonchev–Trinajstić information content (AvgIpc) is 3.30. The van der Waals surface area contributed by atoms with Crippen LogP contribution in [0.2, 0.25) is 0 Å². The normalized spacial score (nSPS) is 11.3. The van der Waals surface area contributed by atoms with E-state index in [1.54, 1.807) is 26.0 Å². The maximum absolute atomic E-state index is 5.64. The highest BCUT2D eigenvalue weighted by Gasteiger charge is 2.22. The van der Waals surface area contributed by atoms with E-state index in [4.69, 9.17) is 9.47 Å². The molecular formula is C21H22N4O2S. The minimum Gasteiger partial charge on any atom is -0.497 e. The van der Waals surface area contributed by atoms with Crippen molar-refractivity contribution in [2.24, 2.45) is 0 Å². The number of methoxy groups -OCH3 is 2. The summed E-state index contributed by atoms with van der Waals surface area (Å²) in [5.41, 5.74) is 2.89. The van der Waals surface area contributed by atoms with Crippen LogP contribution in [0, 0.1) is 0 Å². The molecule has 7 heteroatoms. The first-order valence-corrected chi connectivity index (χ1v) is 9.91. The Balaban J connectivity index is 1.99. The molecule has 1 N–H and O–H groups in total. The average molecular weight is 395 g/mol. The van der Waals surface area contributed by atoms with E-state index >= 15 is 0 Å². The molecule has 28 heavy (non-hydrogen) atoms. The van der Waals surface area contributed by atoms with E-state index in [-0.39, 0.29) is 0 Å². The standard InChI is InChI=1S/C21H22N4O2S/c1-13(2)28-21-24-23-20(16-12-22-17-8-6-5-7-15(16)17)25(21)18-11-14(26-3)9-10-19(18)27-4/h5-13,22H,1-4H3. The first-order valence-electron chi connectivity index (χ1n) is 9.03. The zero-order valence-corrected chi connectivity index (χ0v) is 17.1. The Morgan fingerprint density at radius 1 is 1.04 bits per heavy atom. The van der Waals surface area contributed by atoms with Gasteiger partial charge in [-0.15, -0.1) is 10.2 Å². The third-order valence-electron chi connectivity index (χ3n) is 4.43. The molecule has 0 aliphatic carbocycles. The van der Waals surface area contributed by atoms with Crippen LogP contribution < -0.4 is 9.47 Å². The lowest BCUT2D eigenvalue weighted by Gasteiger charge is -2.15. The summed E-state index contributed by atoms with van der Waals surface area (Å²) in [5.74, 6) is 2.23. The maximum Gasteiger partial charge on any atom is 0.196 e. The molecule has 144 valence electrons. The van der Waals surface area contributed by atoms with E-state index in [2.05, 4.69) is 41.2 Å². The van der Waals surface area contributed by atoms with E-state index in [9.17, 15) is 0 Å². The molecule has 0 saturated heterocycles. The number of ether oxygens (including phenoxy) is 2. The Morgan fingerprint density at radius 2 is 1.86 bits per heavy atom. The molecule has 4 rings (SSSR count). The van der Waals surface area contributed by atoms with Crippen LogP contribution in [-0.2, 0) is 0 Å². The van der Waals surface area contributed by atoms with E-state index < -0.39 is 0 Å². The number of fused-ring (bicyclic) bond motifs is 1. The molecule has 6 nitrogen and oxygen atoms in total. The lowest BCUT2D eigenvalue weighted by molar-refractivity contribution is 0.401. The summed E-state index contributed by atoms with van der Waals surface area (Å²) >= 11 is 1.66. The number of hydrogen-bond donors (Lipinski definition) is 1. The summed E-state index contributed by atoms with van der Waals surface area (Å²) < 4.78 is 13.1. The van der Waals surface area contributed by atoms with Gasteiger partial charge in [0.1, 0.15) is 11.5 Å². The first-order chi connectivity index (χ1) is 13.6. The van der Waals surface area contributed by atoms with Crippen LogP contribution in [0.25, 0.3) is 28.0 Å². The van der Waals surface area contributed by atoms with Crippen LogP contribution in [0.3, 0.4) is 0 Å². The van der Waals surface area contributed by atoms with Crippen LogP contribution in [-0.4, -0.2) is 39.2 Å². The van der Waals surface area contributed by atoms with Crippen LogP contribution in [0.4, 0.5) is 0 Å². The van der Waals surface area contributed by atoms with E-state index in [0.717, 1.165) is 44.6 Å². The maximum atomic E-state index is 5.64. The predicted octanol–water partition coefficient (Wildman–Crippen LogP) is 4.93. The van der Waals surface area contributed by atoms with Crippen LogP contribution >= 0.6 is 11.8 Å². The van der Waals surface area contributed by atoms with E-state index in [1.807, 2.05) is 41.1 Å². The molecule has 0 spiro atoms. The van der Waals surface area contributed by atoms with Gasteiger partial charge < -0.3 is 14.5 Å². The van der Waals surface area contributed by atoms with Gasteiger partial charge in [0.05, 0.1) is 19.9 Å². The highest BCUT2D eigenvalue weighted by atomic mass is 32.2. The third-order valence-corrected chi connectivity index (χ3v) is 5.38. The van der Waals surface area contributed by atoms with Gasteiger partial charge in [0, 0.05) is 34.0 Å². The predicted molar refractivity (Wildman–Crippen MR) is 113 cm³/mol. The number of para-hydroxylation sites is 1. The van der Waals surface area contributed by atoms with Crippen molar-refractivity contribution in [2.75, 3.05) is 14.2 Å². The monoisotopic (exact) mass is 394 g/mol. The fraction of sp³-hybridized carbons (Fsp3) is 0.238. The summed E-state index contributed by atoms with van der Waals surface area (Å²) in [4.78, 5) is 3.32. The summed E-state index contributed by atoms with van der Waals surface area (Å²) in [6.07, 6.45) is 1.97. The van der Waals surface area contributed by atoms with Crippen molar-refractivity contribution >= 4 is 22.7 Å². The van der Waals surface area contributed by atoms with Gasteiger partial charge in [0.15, 0.2) is 11.0 Å². The van der Waals surface area contributed by atoms with E-state index in [1.165, 1.54) is 0 Å². The molecule has 2 aromatic heterocycles. The zero-order chi connectivity index (χ0) is 19.7. The molecule has 0 atom stereocenters. The molecule has 0 aliphatic rings. The van der Waals surface area contributed by atoms with Gasteiger partial charge in [0.25, 0.3) is 0 Å². The summed E-state index contributed by atoms with van der Waals surface area (Å²) in [6, 6.07) is 13.9. The van der Waals surface area contributed by atoms with Gasteiger partial charge in [0.2, 0.25) is 0 Å². The van der Waals surface area contributed by atoms with Crippen LogP contribution in [0.15, 0.2) is 53.8 Å². The van der Waals surface area contributed by atoms with E-state index in [0.29, 0.717) is 5.25 Å². The summed E-state index contributed by atoms with van der Waals surface area (Å²) in [7, 11) is 3.32. The van der Waals surface area contributed by atoms with Crippen molar-refractivity contribution in [3.8, 4) is 28.6 Å². The van der Waals surface area contributed by atoms with Gasteiger partial charge in [-0.25, -0.2) is 0 Å². The number of aromatic amines is 1. The van der Waals surface area contributed by atoms with Crippen LogP contribution in [0.5, 0.6) is 11.5 Å². The lowest BCUT2D eigenvalue weighted by atomic mass is 10.1. The minimum absolute atomic E-state index is 0.357. The Kier molecular flexibility index (Phi) is 5.00. The number of H-pyrrole nitrogens is 1. The van der Waals surface area contributed by atoms with Gasteiger partial charge in [-0.3, -0.25) is 4.57 Å². The van der Waals surface area contributed by atoms with Crippen molar-refractivity contribution in [3.05, 3.63) is 48.7 Å². The molecule has 0 bridgehead atoms. The van der Waals surface area contributed by atoms with Gasteiger partial charge >= 0.3 is 0 Å². The number of nitrogens with zero attached hydrogens (tertiary/aromatic N) is 3. The van der Waals surface area contributed by atoms with Crippen molar-refractivity contribution in [3.63, 3.8) is 0 Å². The molecule has 2 aromatic carbocycles. The molecule has 0 amide bonds. The van der Waals surface area contributed by atoms with Gasteiger partial charge in [-0.05, 0) is 18.2 Å². The molecule has 2 heterocycles.